The standard InChI is InChI=1S/C15H20N4O2S/c1-11(2)19-9-8-14(18-19)15(20)17-12-6-5-7-13(10-12)22(4,21)16-3/h5-11H,1-4H3,(H,17,20). The molecule has 7 heteroatoms. The van der Waals surface area contributed by atoms with Crippen molar-refractivity contribution in [3.05, 3.63) is 42.2 Å². The molecule has 0 bridgehead atoms. The van der Waals surface area contributed by atoms with Crippen molar-refractivity contribution in [2.24, 2.45) is 4.36 Å². The first kappa shape index (κ1) is 16.2. The van der Waals surface area contributed by atoms with Crippen LogP contribution in [-0.2, 0) is 9.73 Å². The number of carbonyl (C=O) groups excluding carboxylic acids is 1. The van der Waals surface area contributed by atoms with Gasteiger partial charge in [-0.25, -0.2) is 8.57 Å². The molecule has 0 aliphatic heterocycles. The average Bonchev–Trinajstić information content (AvgIpc) is 2.97. The Balaban J connectivity index is 2.22. The van der Waals surface area contributed by atoms with Crippen molar-refractivity contribution in [1.82, 2.24) is 9.78 Å². The highest BCUT2D eigenvalue weighted by Gasteiger charge is 2.12. The molecule has 2 rings (SSSR count). The molecular formula is C15H20N4O2S. The quantitative estimate of drug-likeness (QED) is 0.941. The van der Waals surface area contributed by atoms with Crippen LogP contribution in [0, 0.1) is 0 Å². The zero-order valence-electron chi connectivity index (χ0n) is 13.1. The van der Waals surface area contributed by atoms with Crippen LogP contribution in [0.15, 0.2) is 45.8 Å². The van der Waals surface area contributed by atoms with Crippen molar-refractivity contribution in [1.29, 1.82) is 0 Å². The first-order chi connectivity index (χ1) is 10.3. The van der Waals surface area contributed by atoms with Gasteiger partial charge in [-0.3, -0.25) is 9.48 Å². The highest BCUT2D eigenvalue weighted by molar-refractivity contribution is 7.93. The van der Waals surface area contributed by atoms with Crippen molar-refractivity contribution in [2.45, 2.75) is 24.8 Å². The van der Waals surface area contributed by atoms with Crippen LogP contribution in [-0.4, -0.2) is 33.2 Å². The molecule has 22 heavy (non-hydrogen) atoms. The second-order valence-electron chi connectivity index (χ2n) is 5.24. The molecule has 0 fully saturated rings. The smallest absolute Gasteiger partial charge is 0.276 e. The third-order valence-electron chi connectivity index (χ3n) is 3.25. The van der Waals surface area contributed by atoms with E-state index in [4.69, 9.17) is 0 Å². The Bertz CT molecular complexity index is 801. The average molecular weight is 320 g/mol. The highest BCUT2D eigenvalue weighted by atomic mass is 32.2. The third-order valence-corrected chi connectivity index (χ3v) is 5.07. The van der Waals surface area contributed by atoms with Gasteiger partial charge in [0.25, 0.3) is 5.91 Å². The molecule has 1 amide bonds. The highest BCUT2D eigenvalue weighted by Crippen LogP contribution is 2.17. The maximum atomic E-state index is 12.2. The minimum absolute atomic E-state index is 0.195. The SMILES string of the molecule is CN=S(C)(=O)c1cccc(NC(=O)c2ccn(C(C)C)n2)c1. The van der Waals surface area contributed by atoms with E-state index in [0.29, 0.717) is 16.3 Å². The molecule has 0 saturated carbocycles. The minimum Gasteiger partial charge on any atom is -0.321 e. The molecule has 118 valence electrons. The Morgan fingerprint density at radius 2 is 2.09 bits per heavy atom. The van der Waals surface area contributed by atoms with Crippen LogP contribution in [0.1, 0.15) is 30.4 Å². The summed E-state index contributed by atoms with van der Waals surface area (Å²) in [7, 11) is -0.904. The summed E-state index contributed by atoms with van der Waals surface area (Å²) in [5.74, 6) is -0.299. The molecule has 1 atom stereocenters. The van der Waals surface area contributed by atoms with Gasteiger partial charge in [-0.1, -0.05) is 6.07 Å². The summed E-state index contributed by atoms with van der Waals surface area (Å²) in [6.45, 7) is 3.98. The largest absolute Gasteiger partial charge is 0.321 e. The molecule has 1 unspecified atom stereocenters. The fraction of sp³-hybridized carbons (Fsp3) is 0.333. The minimum atomic E-state index is -2.42. The van der Waals surface area contributed by atoms with Gasteiger partial charge in [0.05, 0.1) is 9.73 Å². The molecular weight excluding hydrogens is 300 g/mol. The normalized spacial score (nSPS) is 13.7. The summed E-state index contributed by atoms with van der Waals surface area (Å²) in [5.41, 5.74) is 0.913. The van der Waals surface area contributed by atoms with E-state index in [2.05, 4.69) is 14.8 Å². The lowest BCUT2D eigenvalue weighted by Crippen LogP contribution is -2.14. The van der Waals surface area contributed by atoms with E-state index in [1.165, 1.54) is 7.05 Å². The van der Waals surface area contributed by atoms with Gasteiger partial charge in [0, 0.05) is 36.1 Å². The van der Waals surface area contributed by atoms with Crippen molar-refractivity contribution >= 4 is 21.3 Å². The lowest BCUT2D eigenvalue weighted by molar-refractivity contribution is 0.102. The molecule has 6 nitrogen and oxygen atoms in total. The molecule has 1 aromatic heterocycles. The van der Waals surface area contributed by atoms with E-state index >= 15 is 0 Å². The Morgan fingerprint density at radius 1 is 1.36 bits per heavy atom. The Morgan fingerprint density at radius 3 is 2.68 bits per heavy atom. The van der Waals surface area contributed by atoms with Crippen LogP contribution < -0.4 is 5.32 Å². The number of aromatic nitrogens is 2. The number of carbonyl (C=O) groups is 1. The van der Waals surface area contributed by atoms with Gasteiger partial charge in [-0.15, -0.1) is 0 Å². The van der Waals surface area contributed by atoms with Gasteiger partial charge in [0.2, 0.25) is 0 Å². The van der Waals surface area contributed by atoms with Crippen molar-refractivity contribution in [3.8, 4) is 0 Å². The number of hydrogen-bond donors (Lipinski definition) is 1. The topological polar surface area (TPSA) is 76.3 Å². The van der Waals surface area contributed by atoms with Gasteiger partial charge in [0.15, 0.2) is 5.69 Å². The van der Waals surface area contributed by atoms with Gasteiger partial charge in [-0.05, 0) is 38.1 Å². The Hall–Kier alpha value is -2.15. The molecule has 0 spiro atoms. The Kier molecular flexibility index (Phi) is 4.65. The van der Waals surface area contributed by atoms with Gasteiger partial charge in [0.1, 0.15) is 0 Å². The van der Waals surface area contributed by atoms with E-state index in [1.807, 2.05) is 13.8 Å². The van der Waals surface area contributed by atoms with Crippen LogP contribution in [0.3, 0.4) is 0 Å². The summed E-state index contributed by atoms with van der Waals surface area (Å²) in [6.07, 6.45) is 3.34. The van der Waals surface area contributed by atoms with Crippen molar-refractivity contribution in [3.63, 3.8) is 0 Å². The summed E-state index contributed by atoms with van der Waals surface area (Å²) >= 11 is 0. The predicted octanol–water partition coefficient (Wildman–Crippen LogP) is 2.80. The first-order valence-electron chi connectivity index (χ1n) is 6.90. The molecule has 0 aliphatic carbocycles. The lowest BCUT2D eigenvalue weighted by Gasteiger charge is -2.08. The number of benzene rings is 1. The summed E-state index contributed by atoms with van der Waals surface area (Å²) in [5, 5.41) is 6.99. The molecule has 1 heterocycles. The third kappa shape index (κ3) is 3.54. The van der Waals surface area contributed by atoms with Gasteiger partial charge >= 0.3 is 0 Å². The van der Waals surface area contributed by atoms with Crippen LogP contribution >= 0.6 is 0 Å². The van der Waals surface area contributed by atoms with E-state index in [0.717, 1.165) is 0 Å². The fourth-order valence-electron chi connectivity index (χ4n) is 1.86. The number of amides is 1. The maximum absolute atomic E-state index is 12.2. The molecule has 0 saturated heterocycles. The molecule has 2 aromatic rings. The zero-order valence-corrected chi connectivity index (χ0v) is 13.9. The van der Waals surface area contributed by atoms with E-state index < -0.39 is 9.73 Å². The van der Waals surface area contributed by atoms with E-state index in [9.17, 15) is 9.00 Å². The maximum Gasteiger partial charge on any atom is 0.276 e. The second kappa shape index (κ2) is 6.31. The second-order valence-corrected chi connectivity index (χ2v) is 7.68. The van der Waals surface area contributed by atoms with E-state index in [-0.39, 0.29) is 11.9 Å². The van der Waals surface area contributed by atoms with Crippen LogP contribution in [0.2, 0.25) is 0 Å². The van der Waals surface area contributed by atoms with Crippen LogP contribution in [0.4, 0.5) is 5.69 Å². The van der Waals surface area contributed by atoms with Crippen LogP contribution in [0.25, 0.3) is 0 Å². The van der Waals surface area contributed by atoms with Crippen LogP contribution in [0.5, 0.6) is 0 Å². The number of hydrogen-bond acceptors (Lipinski definition) is 4. The number of anilines is 1. The van der Waals surface area contributed by atoms with Crippen molar-refractivity contribution < 1.29 is 9.00 Å². The number of nitrogens with zero attached hydrogens (tertiary/aromatic N) is 3. The Labute approximate surface area is 130 Å². The lowest BCUT2D eigenvalue weighted by atomic mass is 10.3. The monoisotopic (exact) mass is 320 g/mol. The molecule has 0 radical (unpaired) electrons. The van der Waals surface area contributed by atoms with Gasteiger partial charge < -0.3 is 5.32 Å². The molecule has 1 N–H and O–H groups in total. The molecule has 0 aliphatic rings. The van der Waals surface area contributed by atoms with Crippen molar-refractivity contribution in [2.75, 3.05) is 18.6 Å². The summed E-state index contributed by atoms with van der Waals surface area (Å²) in [4.78, 5) is 12.8. The van der Waals surface area contributed by atoms with E-state index in [1.54, 1.807) is 47.5 Å². The first-order valence-corrected chi connectivity index (χ1v) is 8.82. The number of rotatable bonds is 4. The number of nitrogens with one attached hydrogen (secondary N) is 1. The summed E-state index contributed by atoms with van der Waals surface area (Å²) < 4.78 is 17.9. The zero-order chi connectivity index (χ0) is 16.3. The molecule has 1 aromatic carbocycles. The fourth-order valence-corrected chi connectivity index (χ4v) is 2.74. The predicted molar refractivity (Wildman–Crippen MR) is 87.7 cm³/mol. The van der Waals surface area contributed by atoms with Gasteiger partial charge in [-0.2, -0.15) is 5.10 Å². The summed E-state index contributed by atoms with van der Waals surface area (Å²) in [6, 6.07) is 8.76.